The maximum Gasteiger partial charge on any atom is 0.264 e. The summed E-state index contributed by atoms with van der Waals surface area (Å²) in [6, 6.07) is 14.3. The molecule has 0 heterocycles. The van der Waals surface area contributed by atoms with Crippen LogP contribution in [-0.2, 0) is 14.8 Å². The number of hydrogen-bond acceptors (Lipinski definition) is 4. The molecule has 0 saturated carbocycles. The smallest absolute Gasteiger partial charge is 0.264 e. The van der Waals surface area contributed by atoms with Crippen LogP contribution in [0.4, 0.5) is 5.69 Å². The molecular weight excluding hydrogens is 354 g/mol. The molecule has 138 valence electrons. The Bertz CT molecular complexity index is 865. The maximum absolute atomic E-state index is 12.7. The summed E-state index contributed by atoms with van der Waals surface area (Å²) in [6.45, 7) is 2.13. The van der Waals surface area contributed by atoms with E-state index in [9.17, 15) is 18.0 Å². The van der Waals surface area contributed by atoms with E-state index in [2.05, 4.69) is 10.6 Å². The largest absolute Gasteiger partial charge is 0.355 e. The molecule has 2 aromatic carbocycles. The number of carbonyl (C=O) groups is 2. The third-order valence-electron chi connectivity index (χ3n) is 3.68. The first-order chi connectivity index (χ1) is 12.4. The number of carbonyl (C=O) groups excluding carboxylic acids is 2. The SMILES string of the molecule is CCNC(=O)CNC(=O)c1ccc(S(=O)(=O)N(C)c2ccccc2)cc1. The summed E-state index contributed by atoms with van der Waals surface area (Å²) >= 11 is 0. The van der Waals surface area contributed by atoms with Crippen molar-refractivity contribution in [3.05, 3.63) is 60.2 Å². The van der Waals surface area contributed by atoms with Gasteiger partial charge < -0.3 is 10.6 Å². The van der Waals surface area contributed by atoms with Crippen LogP contribution in [0.5, 0.6) is 0 Å². The van der Waals surface area contributed by atoms with Gasteiger partial charge in [0.2, 0.25) is 5.91 Å². The fourth-order valence-corrected chi connectivity index (χ4v) is 3.43. The van der Waals surface area contributed by atoms with Crippen LogP contribution in [0.2, 0.25) is 0 Å². The molecule has 0 spiro atoms. The highest BCUT2D eigenvalue weighted by atomic mass is 32.2. The van der Waals surface area contributed by atoms with Gasteiger partial charge in [-0.25, -0.2) is 8.42 Å². The second-order valence-corrected chi connectivity index (χ2v) is 7.44. The second kappa shape index (κ2) is 8.48. The number of para-hydroxylation sites is 1. The minimum atomic E-state index is -3.73. The molecule has 0 aliphatic rings. The number of benzene rings is 2. The fraction of sp³-hybridized carbons (Fsp3) is 0.222. The van der Waals surface area contributed by atoms with Gasteiger partial charge in [0.25, 0.3) is 15.9 Å². The first-order valence-electron chi connectivity index (χ1n) is 8.05. The highest BCUT2D eigenvalue weighted by Gasteiger charge is 2.21. The van der Waals surface area contributed by atoms with Crippen molar-refractivity contribution < 1.29 is 18.0 Å². The van der Waals surface area contributed by atoms with Crippen LogP contribution in [0.25, 0.3) is 0 Å². The van der Waals surface area contributed by atoms with E-state index in [0.29, 0.717) is 12.2 Å². The van der Waals surface area contributed by atoms with E-state index in [1.165, 1.54) is 35.6 Å². The van der Waals surface area contributed by atoms with Gasteiger partial charge in [-0.2, -0.15) is 0 Å². The molecule has 0 unspecified atom stereocenters. The molecule has 0 atom stereocenters. The lowest BCUT2D eigenvalue weighted by atomic mass is 10.2. The van der Waals surface area contributed by atoms with Crippen molar-refractivity contribution in [2.24, 2.45) is 0 Å². The predicted molar refractivity (Wildman–Crippen MR) is 99.5 cm³/mol. The summed E-state index contributed by atoms with van der Waals surface area (Å²) in [4.78, 5) is 23.5. The molecule has 2 aromatic rings. The van der Waals surface area contributed by atoms with E-state index >= 15 is 0 Å². The summed E-state index contributed by atoms with van der Waals surface area (Å²) in [7, 11) is -2.26. The van der Waals surface area contributed by atoms with Crippen molar-refractivity contribution in [1.82, 2.24) is 10.6 Å². The molecule has 8 heteroatoms. The Morgan fingerprint density at radius 3 is 2.15 bits per heavy atom. The quantitative estimate of drug-likeness (QED) is 0.764. The van der Waals surface area contributed by atoms with E-state index in [0.717, 1.165) is 0 Å². The normalized spacial score (nSPS) is 10.8. The Morgan fingerprint density at radius 2 is 1.58 bits per heavy atom. The molecular formula is C18H21N3O4S. The van der Waals surface area contributed by atoms with Gasteiger partial charge in [0.05, 0.1) is 17.1 Å². The van der Waals surface area contributed by atoms with Crippen LogP contribution < -0.4 is 14.9 Å². The Labute approximate surface area is 153 Å². The first-order valence-corrected chi connectivity index (χ1v) is 9.49. The van der Waals surface area contributed by atoms with E-state index in [1.807, 2.05) is 0 Å². The van der Waals surface area contributed by atoms with Crippen molar-refractivity contribution in [2.45, 2.75) is 11.8 Å². The zero-order valence-corrected chi connectivity index (χ0v) is 15.4. The second-order valence-electron chi connectivity index (χ2n) is 5.47. The summed E-state index contributed by atoms with van der Waals surface area (Å²) < 4.78 is 26.5. The third-order valence-corrected chi connectivity index (χ3v) is 5.48. The molecule has 0 fully saturated rings. The van der Waals surface area contributed by atoms with Gasteiger partial charge in [-0.05, 0) is 43.3 Å². The maximum atomic E-state index is 12.7. The number of hydrogen-bond donors (Lipinski definition) is 2. The van der Waals surface area contributed by atoms with Crippen LogP contribution in [0.3, 0.4) is 0 Å². The Kier molecular flexibility index (Phi) is 6.35. The van der Waals surface area contributed by atoms with E-state index < -0.39 is 15.9 Å². The van der Waals surface area contributed by atoms with Crippen LogP contribution in [0.15, 0.2) is 59.5 Å². The highest BCUT2D eigenvalue weighted by molar-refractivity contribution is 7.92. The molecule has 2 N–H and O–H groups in total. The lowest BCUT2D eigenvalue weighted by Gasteiger charge is -2.19. The average Bonchev–Trinajstić information content (AvgIpc) is 2.66. The van der Waals surface area contributed by atoms with Crippen molar-refractivity contribution in [3.63, 3.8) is 0 Å². The lowest BCUT2D eigenvalue weighted by molar-refractivity contribution is -0.120. The molecule has 0 aliphatic heterocycles. The van der Waals surface area contributed by atoms with Gasteiger partial charge in [-0.1, -0.05) is 18.2 Å². The summed E-state index contributed by atoms with van der Waals surface area (Å²) in [5.41, 5.74) is 0.812. The van der Waals surface area contributed by atoms with E-state index in [-0.39, 0.29) is 22.9 Å². The molecule has 26 heavy (non-hydrogen) atoms. The molecule has 7 nitrogen and oxygen atoms in total. The Hall–Kier alpha value is -2.87. The Balaban J connectivity index is 2.11. The minimum absolute atomic E-state index is 0.0733. The summed E-state index contributed by atoms with van der Waals surface area (Å²) in [5.74, 6) is -0.735. The van der Waals surface area contributed by atoms with Gasteiger partial charge in [0.15, 0.2) is 0 Å². The molecule has 0 radical (unpaired) electrons. The highest BCUT2D eigenvalue weighted by Crippen LogP contribution is 2.21. The number of amides is 2. The zero-order chi connectivity index (χ0) is 19.2. The van der Waals surface area contributed by atoms with Crippen LogP contribution in [0, 0.1) is 0 Å². The fourth-order valence-electron chi connectivity index (χ4n) is 2.24. The van der Waals surface area contributed by atoms with Crippen LogP contribution in [-0.4, -0.2) is 40.4 Å². The standard InChI is InChI=1S/C18H21N3O4S/c1-3-19-17(22)13-20-18(23)14-9-11-16(12-10-14)26(24,25)21(2)15-7-5-4-6-8-15/h4-12H,3,13H2,1-2H3,(H,19,22)(H,20,23). The predicted octanol–water partition coefficient (Wildman–Crippen LogP) is 1.38. The number of likely N-dealkylation sites (N-methyl/N-ethyl adjacent to an activating group) is 1. The molecule has 0 saturated heterocycles. The Morgan fingerprint density at radius 1 is 0.962 bits per heavy atom. The van der Waals surface area contributed by atoms with Gasteiger partial charge >= 0.3 is 0 Å². The van der Waals surface area contributed by atoms with Crippen molar-refractivity contribution in [1.29, 1.82) is 0 Å². The summed E-state index contributed by atoms with van der Waals surface area (Å²) in [6.07, 6.45) is 0. The molecule has 2 rings (SSSR count). The minimum Gasteiger partial charge on any atom is -0.355 e. The molecule has 0 bridgehead atoms. The van der Waals surface area contributed by atoms with Gasteiger partial charge in [-0.3, -0.25) is 13.9 Å². The number of rotatable bonds is 7. The molecule has 2 amide bonds. The van der Waals surface area contributed by atoms with Crippen molar-refractivity contribution >= 4 is 27.5 Å². The average molecular weight is 375 g/mol. The first kappa shape index (κ1) is 19.5. The monoisotopic (exact) mass is 375 g/mol. The third kappa shape index (κ3) is 4.60. The van der Waals surface area contributed by atoms with Gasteiger partial charge in [-0.15, -0.1) is 0 Å². The van der Waals surface area contributed by atoms with Gasteiger partial charge in [0.1, 0.15) is 0 Å². The van der Waals surface area contributed by atoms with Gasteiger partial charge in [0, 0.05) is 19.2 Å². The number of anilines is 1. The topological polar surface area (TPSA) is 95.6 Å². The number of nitrogens with zero attached hydrogens (tertiary/aromatic N) is 1. The van der Waals surface area contributed by atoms with Crippen LogP contribution >= 0.6 is 0 Å². The molecule has 0 aliphatic carbocycles. The number of nitrogens with one attached hydrogen (secondary N) is 2. The van der Waals surface area contributed by atoms with Crippen LogP contribution in [0.1, 0.15) is 17.3 Å². The lowest BCUT2D eigenvalue weighted by Crippen LogP contribution is -2.36. The number of sulfonamides is 1. The molecule has 0 aromatic heterocycles. The van der Waals surface area contributed by atoms with E-state index in [4.69, 9.17) is 0 Å². The van der Waals surface area contributed by atoms with E-state index in [1.54, 1.807) is 37.3 Å². The zero-order valence-electron chi connectivity index (χ0n) is 14.6. The summed E-state index contributed by atoms with van der Waals surface area (Å²) in [5, 5.41) is 5.05. The van der Waals surface area contributed by atoms with Crippen molar-refractivity contribution in [3.8, 4) is 0 Å². The van der Waals surface area contributed by atoms with Crippen molar-refractivity contribution in [2.75, 3.05) is 24.4 Å².